The molecule has 1 heterocycles. The molecule has 0 N–H and O–H groups in total. The van der Waals surface area contributed by atoms with Gasteiger partial charge in [-0.25, -0.2) is 4.98 Å². The van der Waals surface area contributed by atoms with Gasteiger partial charge in [-0.1, -0.05) is 48.5 Å². The lowest BCUT2D eigenvalue weighted by Crippen LogP contribution is -2.10. The zero-order valence-corrected chi connectivity index (χ0v) is 10.4. The molecule has 0 unspecified atom stereocenters. The predicted octanol–water partition coefficient (Wildman–Crippen LogP) is 4.92. The van der Waals surface area contributed by atoms with Crippen LogP contribution in [0.2, 0.25) is 0 Å². The van der Waals surface area contributed by atoms with E-state index in [1.807, 2.05) is 0 Å². The Hall–Kier alpha value is -2.36. The van der Waals surface area contributed by atoms with Crippen LogP contribution in [0.25, 0.3) is 22.0 Å². The molecule has 0 aliphatic carbocycles. The number of alkyl halides is 3. The fraction of sp³-hybridized carbons (Fsp3) is 0.0625. The first-order chi connectivity index (χ1) is 9.55. The molecule has 3 rings (SSSR count). The van der Waals surface area contributed by atoms with E-state index >= 15 is 0 Å². The highest BCUT2D eigenvalue weighted by Crippen LogP contribution is 2.37. The van der Waals surface area contributed by atoms with Gasteiger partial charge in [0.15, 0.2) is 5.69 Å². The molecule has 0 saturated heterocycles. The van der Waals surface area contributed by atoms with E-state index in [0.717, 1.165) is 0 Å². The van der Waals surface area contributed by atoms with Crippen molar-refractivity contribution < 1.29 is 13.2 Å². The van der Waals surface area contributed by atoms with Crippen LogP contribution in [0.4, 0.5) is 13.2 Å². The van der Waals surface area contributed by atoms with E-state index in [1.165, 1.54) is 0 Å². The second-order valence-corrected chi connectivity index (χ2v) is 4.44. The number of halogens is 3. The van der Waals surface area contributed by atoms with Gasteiger partial charge in [-0.3, -0.25) is 0 Å². The van der Waals surface area contributed by atoms with Crippen LogP contribution in [0.15, 0.2) is 60.7 Å². The number of aromatic nitrogens is 1. The molecule has 2 aromatic carbocycles. The monoisotopic (exact) mass is 273 g/mol. The van der Waals surface area contributed by atoms with Crippen molar-refractivity contribution in [2.75, 3.05) is 0 Å². The first kappa shape index (κ1) is 12.7. The number of para-hydroxylation sites is 1. The van der Waals surface area contributed by atoms with Crippen molar-refractivity contribution in [2.45, 2.75) is 6.18 Å². The summed E-state index contributed by atoms with van der Waals surface area (Å²) in [7, 11) is 0. The Morgan fingerprint density at radius 3 is 2.15 bits per heavy atom. The average molecular weight is 273 g/mol. The van der Waals surface area contributed by atoms with Crippen LogP contribution in [0, 0.1) is 0 Å². The van der Waals surface area contributed by atoms with Gasteiger partial charge in [0, 0.05) is 10.9 Å². The Balaban J connectivity index is 2.33. The summed E-state index contributed by atoms with van der Waals surface area (Å²) in [6.07, 6.45) is -4.48. The molecule has 20 heavy (non-hydrogen) atoms. The molecule has 0 radical (unpaired) electrons. The van der Waals surface area contributed by atoms with E-state index in [9.17, 15) is 13.2 Å². The fourth-order valence-corrected chi connectivity index (χ4v) is 2.17. The van der Waals surface area contributed by atoms with Gasteiger partial charge in [0.25, 0.3) is 0 Å². The number of nitrogens with zero attached hydrogens (tertiary/aromatic N) is 1. The Morgan fingerprint density at radius 1 is 0.800 bits per heavy atom. The van der Waals surface area contributed by atoms with Crippen molar-refractivity contribution >= 4 is 10.9 Å². The normalized spacial score (nSPS) is 11.8. The molecular formula is C16H10F3N. The summed E-state index contributed by atoms with van der Waals surface area (Å²) >= 11 is 0. The van der Waals surface area contributed by atoms with Crippen LogP contribution in [0.3, 0.4) is 0 Å². The molecule has 0 aliphatic heterocycles. The minimum atomic E-state index is -4.48. The molecule has 0 spiro atoms. The van der Waals surface area contributed by atoms with Crippen molar-refractivity contribution in [1.29, 1.82) is 0 Å². The lowest BCUT2D eigenvalue weighted by Gasteiger charge is -2.13. The number of fused-ring (bicyclic) bond motifs is 1. The van der Waals surface area contributed by atoms with E-state index in [4.69, 9.17) is 0 Å². The van der Waals surface area contributed by atoms with Gasteiger partial charge in [-0.2, -0.15) is 13.2 Å². The highest BCUT2D eigenvalue weighted by Gasteiger charge is 2.36. The van der Waals surface area contributed by atoms with Gasteiger partial charge >= 0.3 is 6.18 Å². The van der Waals surface area contributed by atoms with Gasteiger partial charge in [0.2, 0.25) is 0 Å². The number of pyridine rings is 1. The van der Waals surface area contributed by atoms with Crippen molar-refractivity contribution in [3.63, 3.8) is 0 Å². The first-order valence-corrected chi connectivity index (χ1v) is 6.08. The van der Waals surface area contributed by atoms with Gasteiger partial charge < -0.3 is 0 Å². The smallest absolute Gasteiger partial charge is 0.243 e. The molecule has 0 saturated carbocycles. The van der Waals surface area contributed by atoms with Gasteiger partial charge in [0.1, 0.15) is 0 Å². The number of hydrogen-bond donors (Lipinski definition) is 0. The van der Waals surface area contributed by atoms with Crippen molar-refractivity contribution in [2.24, 2.45) is 0 Å². The van der Waals surface area contributed by atoms with E-state index < -0.39 is 11.9 Å². The minimum absolute atomic E-state index is 0.108. The molecule has 100 valence electrons. The quantitative estimate of drug-likeness (QED) is 0.613. The van der Waals surface area contributed by atoms with Crippen LogP contribution in [-0.2, 0) is 6.18 Å². The molecule has 4 heteroatoms. The molecule has 0 aliphatic rings. The predicted molar refractivity (Wildman–Crippen MR) is 72.2 cm³/mol. The lowest BCUT2D eigenvalue weighted by molar-refractivity contribution is -0.140. The third kappa shape index (κ3) is 2.25. The molecule has 0 amide bonds. The molecule has 1 aromatic heterocycles. The van der Waals surface area contributed by atoms with Crippen molar-refractivity contribution in [3.8, 4) is 11.1 Å². The summed E-state index contributed by atoms with van der Waals surface area (Å²) in [4.78, 5) is 3.80. The number of benzene rings is 2. The highest BCUT2D eigenvalue weighted by molar-refractivity contribution is 5.85. The zero-order valence-electron chi connectivity index (χ0n) is 10.4. The zero-order chi connectivity index (χ0) is 14.2. The molecular weight excluding hydrogens is 263 g/mol. The van der Waals surface area contributed by atoms with E-state index in [2.05, 4.69) is 4.98 Å². The Kier molecular flexibility index (Phi) is 2.93. The van der Waals surface area contributed by atoms with Crippen LogP contribution < -0.4 is 0 Å². The fourth-order valence-electron chi connectivity index (χ4n) is 2.17. The third-order valence-electron chi connectivity index (χ3n) is 3.08. The van der Waals surface area contributed by atoms with Crippen LogP contribution in [0.1, 0.15) is 5.69 Å². The van der Waals surface area contributed by atoms with E-state index in [0.29, 0.717) is 16.5 Å². The Morgan fingerprint density at radius 2 is 1.45 bits per heavy atom. The average Bonchev–Trinajstić information content (AvgIpc) is 2.46. The molecule has 0 fully saturated rings. The summed E-state index contributed by atoms with van der Waals surface area (Å²) in [6, 6.07) is 16.8. The van der Waals surface area contributed by atoms with Crippen LogP contribution >= 0.6 is 0 Å². The van der Waals surface area contributed by atoms with Crippen molar-refractivity contribution in [3.05, 3.63) is 66.4 Å². The summed E-state index contributed by atoms with van der Waals surface area (Å²) in [5.74, 6) is 0. The maximum atomic E-state index is 13.2. The minimum Gasteiger partial charge on any atom is -0.243 e. The Labute approximate surface area is 113 Å². The summed E-state index contributed by atoms with van der Waals surface area (Å²) in [5, 5.41) is 0.694. The van der Waals surface area contributed by atoms with Gasteiger partial charge in [-0.05, 0) is 17.7 Å². The maximum Gasteiger partial charge on any atom is 0.433 e. The molecule has 3 aromatic rings. The summed E-state index contributed by atoms with van der Waals surface area (Å²) in [6.45, 7) is 0. The SMILES string of the molecule is FC(F)(F)c1nc2ccccc2cc1-c1ccccc1. The van der Waals surface area contributed by atoms with Crippen LogP contribution in [0.5, 0.6) is 0 Å². The second-order valence-electron chi connectivity index (χ2n) is 4.44. The van der Waals surface area contributed by atoms with Gasteiger partial charge in [-0.15, -0.1) is 0 Å². The van der Waals surface area contributed by atoms with E-state index in [-0.39, 0.29) is 5.56 Å². The molecule has 0 bridgehead atoms. The third-order valence-corrected chi connectivity index (χ3v) is 3.08. The van der Waals surface area contributed by atoms with Crippen LogP contribution in [-0.4, -0.2) is 4.98 Å². The highest BCUT2D eigenvalue weighted by atomic mass is 19.4. The lowest BCUT2D eigenvalue weighted by atomic mass is 10.0. The topological polar surface area (TPSA) is 12.9 Å². The largest absolute Gasteiger partial charge is 0.433 e. The molecule has 0 atom stereocenters. The molecule has 1 nitrogen and oxygen atoms in total. The maximum absolute atomic E-state index is 13.2. The van der Waals surface area contributed by atoms with Gasteiger partial charge in [0.05, 0.1) is 5.52 Å². The Bertz CT molecular complexity index is 749. The summed E-state index contributed by atoms with van der Waals surface area (Å²) < 4.78 is 39.6. The second kappa shape index (κ2) is 4.63. The summed E-state index contributed by atoms with van der Waals surface area (Å²) in [5.41, 5.74) is 0.122. The first-order valence-electron chi connectivity index (χ1n) is 6.08. The van der Waals surface area contributed by atoms with Crippen molar-refractivity contribution in [1.82, 2.24) is 4.98 Å². The number of rotatable bonds is 1. The number of hydrogen-bond acceptors (Lipinski definition) is 1. The van der Waals surface area contributed by atoms with E-state index in [1.54, 1.807) is 60.7 Å². The standard InChI is InChI=1S/C16H10F3N/c17-16(18,19)15-13(11-6-2-1-3-7-11)10-12-8-4-5-9-14(12)20-15/h1-10H.